The van der Waals surface area contributed by atoms with Crippen molar-refractivity contribution >= 4 is 27.0 Å². The normalized spacial score (nSPS) is 15.1. The third kappa shape index (κ3) is 4.26. The van der Waals surface area contributed by atoms with Gasteiger partial charge in [-0.1, -0.05) is 6.07 Å². The SMILES string of the molecule is CCn1c(COC(=O)c2ccc(C)c(O)c2O)nc2cc(S(=O)(=O)N3CCOCC3)ccc21. The number of hydrogen-bond acceptors (Lipinski definition) is 8. The van der Waals surface area contributed by atoms with Gasteiger partial charge in [0.1, 0.15) is 18.0 Å². The lowest BCUT2D eigenvalue weighted by Crippen LogP contribution is -2.40. The van der Waals surface area contributed by atoms with Crippen LogP contribution in [0, 0.1) is 6.92 Å². The number of morpholine rings is 1. The molecule has 4 rings (SSSR count). The van der Waals surface area contributed by atoms with Gasteiger partial charge >= 0.3 is 5.97 Å². The van der Waals surface area contributed by atoms with E-state index in [1.807, 2.05) is 11.5 Å². The van der Waals surface area contributed by atoms with Crippen molar-refractivity contribution in [1.82, 2.24) is 13.9 Å². The maximum atomic E-state index is 13.0. The van der Waals surface area contributed by atoms with Crippen molar-refractivity contribution in [3.05, 3.63) is 47.3 Å². The fourth-order valence-electron chi connectivity index (χ4n) is 3.77. The molecule has 0 amide bonds. The predicted molar refractivity (Wildman–Crippen MR) is 119 cm³/mol. The number of aromatic nitrogens is 2. The molecule has 2 N–H and O–H groups in total. The molecule has 0 bridgehead atoms. The van der Waals surface area contributed by atoms with E-state index in [1.165, 1.54) is 22.5 Å². The quantitative estimate of drug-likeness (QED) is 0.410. The number of imidazole rings is 1. The molecule has 33 heavy (non-hydrogen) atoms. The summed E-state index contributed by atoms with van der Waals surface area (Å²) in [6.07, 6.45) is 0. The highest BCUT2D eigenvalue weighted by Gasteiger charge is 2.27. The average Bonchev–Trinajstić information content (AvgIpc) is 3.18. The number of nitrogens with zero attached hydrogens (tertiary/aromatic N) is 3. The monoisotopic (exact) mass is 475 g/mol. The number of rotatable bonds is 6. The van der Waals surface area contributed by atoms with Gasteiger partial charge < -0.3 is 24.3 Å². The first-order valence-corrected chi connectivity index (χ1v) is 11.9. The Morgan fingerprint density at radius 1 is 1.15 bits per heavy atom. The first-order valence-electron chi connectivity index (χ1n) is 10.5. The number of benzene rings is 2. The van der Waals surface area contributed by atoms with Crippen molar-refractivity contribution in [2.24, 2.45) is 0 Å². The van der Waals surface area contributed by atoms with Crippen LogP contribution in [0.4, 0.5) is 0 Å². The van der Waals surface area contributed by atoms with Crippen molar-refractivity contribution < 1.29 is 32.9 Å². The molecule has 3 aromatic rings. The maximum Gasteiger partial charge on any atom is 0.342 e. The number of phenolic OH excluding ortho intramolecular Hbond substituents is 2. The second-order valence-corrected chi connectivity index (χ2v) is 9.58. The van der Waals surface area contributed by atoms with Gasteiger partial charge in [-0.05, 0) is 43.7 Å². The number of carbonyl (C=O) groups is 1. The van der Waals surface area contributed by atoms with Crippen LogP contribution in [-0.2, 0) is 32.6 Å². The zero-order chi connectivity index (χ0) is 23.8. The number of esters is 1. The van der Waals surface area contributed by atoms with E-state index in [1.54, 1.807) is 19.1 Å². The van der Waals surface area contributed by atoms with Gasteiger partial charge in [-0.3, -0.25) is 0 Å². The number of hydrogen-bond donors (Lipinski definition) is 2. The topological polar surface area (TPSA) is 131 Å². The van der Waals surface area contributed by atoms with E-state index in [0.717, 1.165) is 0 Å². The summed E-state index contributed by atoms with van der Waals surface area (Å²) in [6.45, 7) is 5.14. The van der Waals surface area contributed by atoms with Crippen LogP contribution in [0.25, 0.3) is 11.0 Å². The molecule has 2 aromatic carbocycles. The van der Waals surface area contributed by atoms with Crippen molar-refractivity contribution in [2.75, 3.05) is 26.3 Å². The molecule has 1 aliphatic heterocycles. The van der Waals surface area contributed by atoms with Crippen molar-refractivity contribution in [3.8, 4) is 11.5 Å². The van der Waals surface area contributed by atoms with E-state index in [2.05, 4.69) is 4.98 Å². The Morgan fingerprint density at radius 2 is 1.88 bits per heavy atom. The van der Waals surface area contributed by atoms with Gasteiger partial charge in [0.15, 0.2) is 11.5 Å². The standard InChI is InChI=1S/C22H25N3O7S/c1-3-25-18-7-5-15(33(29,30)24-8-10-31-11-9-24)12-17(18)23-19(25)13-32-22(28)16-6-4-14(2)20(26)21(16)27/h4-7,12,26-27H,3,8-11,13H2,1-2H3. The molecule has 0 unspecified atom stereocenters. The van der Waals surface area contributed by atoms with Gasteiger partial charge in [-0.15, -0.1) is 0 Å². The summed E-state index contributed by atoms with van der Waals surface area (Å²) < 4.78 is 39.7. The fraction of sp³-hybridized carbons (Fsp3) is 0.364. The Balaban J connectivity index is 1.59. The Labute approximate surface area is 191 Å². The first-order chi connectivity index (χ1) is 15.7. The van der Waals surface area contributed by atoms with Crippen molar-refractivity contribution in [3.63, 3.8) is 0 Å². The Morgan fingerprint density at radius 3 is 2.58 bits per heavy atom. The highest BCUT2D eigenvalue weighted by molar-refractivity contribution is 7.89. The van der Waals surface area contributed by atoms with Crippen molar-refractivity contribution in [2.45, 2.75) is 31.9 Å². The molecule has 0 radical (unpaired) electrons. The average molecular weight is 476 g/mol. The van der Waals surface area contributed by atoms with Crippen LogP contribution in [-0.4, -0.2) is 64.8 Å². The van der Waals surface area contributed by atoms with Crippen LogP contribution >= 0.6 is 0 Å². The number of sulfonamides is 1. The molecular formula is C22H25N3O7S. The summed E-state index contributed by atoms with van der Waals surface area (Å²) in [5.41, 5.74) is 1.45. The number of aryl methyl sites for hydroxylation is 2. The van der Waals surface area contributed by atoms with Gasteiger partial charge in [0, 0.05) is 19.6 Å². The Hall–Kier alpha value is -3.15. The number of phenols is 2. The summed E-state index contributed by atoms with van der Waals surface area (Å²) in [7, 11) is -3.67. The number of ether oxygens (including phenoxy) is 2. The lowest BCUT2D eigenvalue weighted by molar-refractivity contribution is 0.0454. The molecule has 11 heteroatoms. The highest BCUT2D eigenvalue weighted by Crippen LogP contribution is 2.32. The molecule has 10 nitrogen and oxygen atoms in total. The molecule has 0 saturated carbocycles. The fourth-order valence-corrected chi connectivity index (χ4v) is 5.20. The lowest BCUT2D eigenvalue weighted by atomic mass is 10.1. The van der Waals surface area contributed by atoms with Gasteiger partial charge in [0.25, 0.3) is 0 Å². The zero-order valence-electron chi connectivity index (χ0n) is 18.3. The van der Waals surface area contributed by atoms with Gasteiger partial charge in [0.05, 0.1) is 29.1 Å². The summed E-state index contributed by atoms with van der Waals surface area (Å²) in [5.74, 6) is -1.30. The van der Waals surface area contributed by atoms with Crippen LogP contribution in [0.15, 0.2) is 35.2 Å². The zero-order valence-corrected chi connectivity index (χ0v) is 19.1. The summed E-state index contributed by atoms with van der Waals surface area (Å²) in [4.78, 5) is 17.1. The molecule has 0 atom stereocenters. The molecule has 176 valence electrons. The second kappa shape index (κ2) is 9.00. The van der Waals surface area contributed by atoms with Crippen LogP contribution in [0.5, 0.6) is 11.5 Å². The summed E-state index contributed by atoms with van der Waals surface area (Å²) in [6, 6.07) is 7.63. The van der Waals surface area contributed by atoms with E-state index in [4.69, 9.17) is 9.47 Å². The summed E-state index contributed by atoms with van der Waals surface area (Å²) >= 11 is 0. The number of carbonyl (C=O) groups excluding carboxylic acids is 1. The lowest BCUT2D eigenvalue weighted by Gasteiger charge is -2.26. The van der Waals surface area contributed by atoms with E-state index in [0.29, 0.717) is 55.3 Å². The largest absolute Gasteiger partial charge is 0.504 e. The van der Waals surface area contributed by atoms with Crippen molar-refractivity contribution in [1.29, 1.82) is 0 Å². The molecule has 0 spiro atoms. The van der Waals surface area contributed by atoms with Crippen LogP contribution in [0.1, 0.15) is 28.7 Å². The van der Waals surface area contributed by atoms with Gasteiger partial charge in [0.2, 0.25) is 10.0 Å². The minimum Gasteiger partial charge on any atom is -0.504 e. The Bertz CT molecular complexity index is 1310. The predicted octanol–water partition coefficient (Wildman–Crippen LogP) is 2.15. The minimum atomic E-state index is -3.67. The molecule has 1 aromatic heterocycles. The third-order valence-electron chi connectivity index (χ3n) is 5.63. The van der Waals surface area contributed by atoms with E-state index in [9.17, 15) is 23.4 Å². The molecule has 1 fully saturated rings. The molecule has 2 heterocycles. The smallest absolute Gasteiger partial charge is 0.342 e. The maximum absolute atomic E-state index is 13.0. The Kier molecular flexibility index (Phi) is 6.28. The second-order valence-electron chi connectivity index (χ2n) is 7.64. The third-order valence-corrected chi connectivity index (χ3v) is 7.52. The number of fused-ring (bicyclic) bond motifs is 1. The van der Waals surface area contributed by atoms with Crippen LogP contribution < -0.4 is 0 Å². The first kappa shape index (κ1) is 23.0. The van der Waals surface area contributed by atoms with E-state index < -0.39 is 21.7 Å². The number of aromatic hydroxyl groups is 2. The van der Waals surface area contributed by atoms with Gasteiger partial charge in [-0.25, -0.2) is 18.2 Å². The molecule has 0 aliphatic carbocycles. The van der Waals surface area contributed by atoms with E-state index in [-0.39, 0.29) is 22.8 Å². The van der Waals surface area contributed by atoms with Gasteiger partial charge in [-0.2, -0.15) is 4.31 Å². The molecule has 1 aliphatic rings. The van der Waals surface area contributed by atoms with Crippen LogP contribution in [0.3, 0.4) is 0 Å². The minimum absolute atomic E-state index is 0.140. The summed E-state index contributed by atoms with van der Waals surface area (Å²) in [5, 5.41) is 19.9. The van der Waals surface area contributed by atoms with E-state index >= 15 is 0 Å². The highest BCUT2D eigenvalue weighted by atomic mass is 32.2. The molecule has 1 saturated heterocycles. The molecular weight excluding hydrogens is 450 g/mol. The van der Waals surface area contributed by atoms with Crippen LogP contribution in [0.2, 0.25) is 0 Å².